The van der Waals surface area contributed by atoms with E-state index in [4.69, 9.17) is 4.74 Å². The summed E-state index contributed by atoms with van der Waals surface area (Å²) < 4.78 is 5.08. The quantitative estimate of drug-likeness (QED) is 0.917. The SMILES string of the molecule is COc1ccc(N2CCC(c3ccn[nH]3)CC2)cn1. The van der Waals surface area contributed by atoms with Crippen molar-refractivity contribution in [3.8, 4) is 5.88 Å². The van der Waals surface area contributed by atoms with Gasteiger partial charge in [0.2, 0.25) is 5.88 Å². The molecule has 0 spiro atoms. The average Bonchev–Trinajstić information content (AvgIpc) is 3.02. The lowest BCUT2D eigenvalue weighted by atomic mass is 9.93. The number of aromatic amines is 1. The molecule has 0 radical (unpaired) electrons. The van der Waals surface area contributed by atoms with Gasteiger partial charge in [0, 0.05) is 37.0 Å². The van der Waals surface area contributed by atoms with Crippen molar-refractivity contribution in [3.05, 3.63) is 36.3 Å². The Morgan fingerprint density at radius 2 is 2.11 bits per heavy atom. The second kappa shape index (κ2) is 5.30. The number of nitrogens with one attached hydrogen (secondary N) is 1. The van der Waals surface area contributed by atoms with Crippen LogP contribution in [0.3, 0.4) is 0 Å². The molecule has 1 aliphatic heterocycles. The number of nitrogens with zero attached hydrogens (tertiary/aromatic N) is 3. The zero-order valence-electron chi connectivity index (χ0n) is 11.0. The van der Waals surface area contributed by atoms with E-state index in [1.54, 1.807) is 7.11 Å². The summed E-state index contributed by atoms with van der Waals surface area (Å²) >= 11 is 0. The molecule has 1 fully saturated rings. The zero-order chi connectivity index (χ0) is 13.1. The minimum Gasteiger partial charge on any atom is -0.481 e. The fourth-order valence-electron chi connectivity index (χ4n) is 2.62. The molecule has 1 N–H and O–H groups in total. The molecule has 0 saturated carbocycles. The molecule has 0 bridgehead atoms. The number of hydrogen-bond donors (Lipinski definition) is 1. The molecular weight excluding hydrogens is 240 g/mol. The van der Waals surface area contributed by atoms with E-state index < -0.39 is 0 Å². The van der Waals surface area contributed by atoms with E-state index >= 15 is 0 Å². The Labute approximate surface area is 112 Å². The van der Waals surface area contributed by atoms with Crippen molar-refractivity contribution in [2.24, 2.45) is 0 Å². The van der Waals surface area contributed by atoms with Gasteiger partial charge in [-0.15, -0.1) is 0 Å². The lowest BCUT2D eigenvalue weighted by molar-refractivity contribution is 0.397. The van der Waals surface area contributed by atoms with Gasteiger partial charge in [0.15, 0.2) is 0 Å². The summed E-state index contributed by atoms with van der Waals surface area (Å²) in [5, 5.41) is 7.11. The summed E-state index contributed by atoms with van der Waals surface area (Å²) in [5.74, 6) is 1.26. The van der Waals surface area contributed by atoms with E-state index in [0.29, 0.717) is 11.8 Å². The van der Waals surface area contributed by atoms with Crippen LogP contribution in [-0.2, 0) is 0 Å². The Hall–Kier alpha value is -2.04. The van der Waals surface area contributed by atoms with Gasteiger partial charge in [-0.2, -0.15) is 5.10 Å². The smallest absolute Gasteiger partial charge is 0.213 e. The van der Waals surface area contributed by atoms with E-state index in [0.717, 1.165) is 25.9 Å². The summed E-state index contributed by atoms with van der Waals surface area (Å²) in [6, 6.07) is 6.06. The number of rotatable bonds is 3. The topological polar surface area (TPSA) is 54.0 Å². The number of H-pyrrole nitrogens is 1. The van der Waals surface area contributed by atoms with Gasteiger partial charge < -0.3 is 9.64 Å². The normalized spacial score (nSPS) is 16.6. The number of methoxy groups -OCH3 is 1. The first-order chi connectivity index (χ1) is 9.36. The van der Waals surface area contributed by atoms with E-state index in [9.17, 15) is 0 Å². The summed E-state index contributed by atoms with van der Waals surface area (Å²) in [6.45, 7) is 2.11. The minimum atomic E-state index is 0.602. The molecule has 5 heteroatoms. The molecule has 0 unspecified atom stereocenters. The van der Waals surface area contributed by atoms with E-state index in [1.165, 1.54) is 11.4 Å². The number of hydrogen-bond acceptors (Lipinski definition) is 4. The molecule has 19 heavy (non-hydrogen) atoms. The average molecular weight is 258 g/mol. The van der Waals surface area contributed by atoms with Gasteiger partial charge >= 0.3 is 0 Å². The number of pyridine rings is 1. The Balaban J connectivity index is 1.63. The van der Waals surface area contributed by atoms with Crippen LogP contribution >= 0.6 is 0 Å². The zero-order valence-corrected chi connectivity index (χ0v) is 11.0. The maximum atomic E-state index is 5.08. The van der Waals surface area contributed by atoms with Gasteiger partial charge in [0.1, 0.15) is 0 Å². The Morgan fingerprint density at radius 1 is 1.26 bits per heavy atom. The Bertz CT molecular complexity index is 501. The van der Waals surface area contributed by atoms with Gasteiger partial charge in [0.05, 0.1) is 19.0 Å². The first-order valence-electron chi connectivity index (χ1n) is 6.61. The Kier molecular flexibility index (Phi) is 3.35. The number of aromatic nitrogens is 3. The van der Waals surface area contributed by atoms with Crippen molar-refractivity contribution in [1.29, 1.82) is 0 Å². The Morgan fingerprint density at radius 3 is 2.68 bits per heavy atom. The summed E-state index contributed by atoms with van der Waals surface area (Å²) in [6.07, 6.45) is 6.01. The van der Waals surface area contributed by atoms with Crippen molar-refractivity contribution >= 4 is 5.69 Å². The molecule has 0 atom stereocenters. The van der Waals surface area contributed by atoms with Crippen LogP contribution in [0.2, 0.25) is 0 Å². The van der Waals surface area contributed by atoms with E-state index in [1.807, 2.05) is 18.5 Å². The summed E-state index contributed by atoms with van der Waals surface area (Å²) in [7, 11) is 1.64. The first kappa shape index (κ1) is 12.0. The van der Waals surface area contributed by atoms with Gasteiger partial charge in [-0.1, -0.05) is 0 Å². The van der Waals surface area contributed by atoms with Gasteiger partial charge in [-0.05, 0) is 25.0 Å². The second-order valence-corrected chi connectivity index (χ2v) is 4.83. The monoisotopic (exact) mass is 258 g/mol. The van der Waals surface area contributed by atoms with Crippen LogP contribution in [0.25, 0.3) is 0 Å². The maximum Gasteiger partial charge on any atom is 0.213 e. The highest BCUT2D eigenvalue weighted by Gasteiger charge is 2.21. The molecule has 3 heterocycles. The number of anilines is 1. The fraction of sp³-hybridized carbons (Fsp3) is 0.429. The molecule has 0 aromatic carbocycles. The maximum absolute atomic E-state index is 5.08. The molecule has 1 saturated heterocycles. The molecule has 0 amide bonds. The van der Waals surface area contributed by atoms with Crippen LogP contribution in [0.1, 0.15) is 24.5 Å². The third-order valence-corrected chi connectivity index (χ3v) is 3.75. The minimum absolute atomic E-state index is 0.602. The molecular formula is C14H18N4O. The van der Waals surface area contributed by atoms with Crippen LogP contribution in [0, 0.1) is 0 Å². The molecule has 5 nitrogen and oxygen atoms in total. The van der Waals surface area contributed by atoms with Crippen LogP contribution in [0.15, 0.2) is 30.6 Å². The highest BCUT2D eigenvalue weighted by Crippen LogP contribution is 2.29. The predicted molar refractivity (Wildman–Crippen MR) is 73.6 cm³/mol. The van der Waals surface area contributed by atoms with Gasteiger partial charge in [0.25, 0.3) is 0 Å². The number of ether oxygens (including phenoxy) is 1. The fourth-order valence-corrected chi connectivity index (χ4v) is 2.62. The lowest BCUT2D eigenvalue weighted by Crippen LogP contribution is -2.33. The van der Waals surface area contributed by atoms with Crippen LogP contribution in [-0.4, -0.2) is 35.4 Å². The molecule has 2 aromatic heterocycles. The largest absolute Gasteiger partial charge is 0.481 e. The third-order valence-electron chi connectivity index (χ3n) is 3.75. The van der Waals surface area contributed by atoms with Gasteiger partial charge in [-0.3, -0.25) is 5.10 Å². The first-order valence-corrected chi connectivity index (χ1v) is 6.61. The molecule has 2 aromatic rings. The molecule has 3 rings (SSSR count). The molecule has 0 aliphatic carbocycles. The second-order valence-electron chi connectivity index (χ2n) is 4.83. The standard InChI is InChI=1S/C14H18N4O/c1-19-14-3-2-12(10-15-14)18-8-5-11(6-9-18)13-4-7-16-17-13/h2-4,7,10-11H,5-6,8-9H2,1H3,(H,16,17). The highest BCUT2D eigenvalue weighted by molar-refractivity contribution is 5.46. The lowest BCUT2D eigenvalue weighted by Gasteiger charge is -2.32. The highest BCUT2D eigenvalue weighted by atomic mass is 16.5. The van der Waals surface area contributed by atoms with Crippen molar-refractivity contribution < 1.29 is 4.74 Å². The van der Waals surface area contributed by atoms with E-state index in [2.05, 4.69) is 32.2 Å². The summed E-state index contributed by atoms with van der Waals surface area (Å²) in [4.78, 5) is 6.64. The molecule has 1 aliphatic rings. The van der Waals surface area contributed by atoms with E-state index in [-0.39, 0.29) is 0 Å². The molecule has 100 valence electrons. The van der Waals surface area contributed by atoms with Crippen molar-refractivity contribution in [3.63, 3.8) is 0 Å². The van der Waals surface area contributed by atoms with Crippen LogP contribution in [0.5, 0.6) is 5.88 Å². The predicted octanol–water partition coefficient (Wildman–Crippen LogP) is 2.20. The van der Waals surface area contributed by atoms with Gasteiger partial charge in [-0.25, -0.2) is 4.98 Å². The van der Waals surface area contributed by atoms with Crippen molar-refractivity contribution in [2.75, 3.05) is 25.1 Å². The van der Waals surface area contributed by atoms with Crippen molar-refractivity contribution in [2.45, 2.75) is 18.8 Å². The third kappa shape index (κ3) is 2.54. The van der Waals surface area contributed by atoms with Crippen LogP contribution in [0.4, 0.5) is 5.69 Å². The summed E-state index contributed by atoms with van der Waals surface area (Å²) in [5.41, 5.74) is 2.43. The van der Waals surface area contributed by atoms with Crippen molar-refractivity contribution in [1.82, 2.24) is 15.2 Å². The van der Waals surface area contributed by atoms with Crippen LogP contribution < -0.4 is 9.64 Å². The number of piperidine rings is 1.